The number of amides is 1. The topological polar surface area (TPSA) is 75.7 Å². The molecule has 0 saturated heterocycles. The Kier molecular flexibility index (Phi) is 8.25. The van der Waals surface area contributed by atoms with Crippen LogP contribution in [0, 0.1) is 13.8 Å². The van der Waals surface area contributed by atoms with Gasteiger partial charge in [0.25, 0.3) is 15.9 Å². The Hall–Kier alpha value is -4.10. The van der Waals surface area contributed by atoms with Crippen molar-refractivity contribution >= 4 is 21.6 Å². The van der Waals surface area contributed by atoms with Gasteiger partial charge in [-0.3, -0.25) is 9.10 Å². The van der Waals surface area contributed by atoms with Gasteiger partial charge in [-0.1, -0.05) is 78.4 Å². The van der Waals surface area contributed by atoms with Crippen LogP contribution in [0.1, 0.15) is 27.0 Å². The Bertz CT molecular complexity index is 1450. The SMILES string of the molecule is Cc1ccc(S(=O)(=O)N(Cc2ccccc2)c2ccccc2C(=O)NCCOc2ccccc2C)cc1. The van der Waals surface area contributed by atoms with E-state index >= 15 is 0 Å². The number of rotatable bonds is 10. The molecule has 1 N–H and O–H groups in total. The zero-order chi connectivity index (χ0) is 26.3. The van der Waals surface area contributed by atoms with E-state index in [2.05, 4.69) is 5.32 Å². The van der Waals surface area contributed by atoms with E-state index in [9.17, 15) is 13.2 Å². The highest BCUT2D eigenvalue weighted by atomic mass is 32.2. The molecule has 37 heavy (non-hydrogen) atoms. The molecule has 0 fully saturated rings. The Morgan fingerprint density at radius 1 is 0.811 bits per heavy atom. The van der Waals surface area contributed by atoms with Crippen LogP contribution in [0.25, 0.3) is 0 Å². The summed E-state index contributed by atoms with van der Waals surface area (Å²) in [6.45, 7) is 4.50. The summed E-state index contributed by atoms with van der Waals surface area (Å²) in [6.07, 6.45) is 0. The minimum absolute atomic E-state index is 0.0811. The van der Waals surface area contributed by atoms with Crippen LogP contribution in [0.5, 0.6) is 5.75 Å². The second-order valence-electron chi connectivity index (χ2n) is 8.70. The standard InChI is InChI=1S/C30H30N2O4S/c1-23-16-18-26(19-17-23)37(34,35)32(22-25-11-4-3-5-12-25)28-14-8-7-13-27(28)30(33)31-20-21-36-29-15-9-6-10-24(29)2/h3-19H,20-22H2,1-2H3,(H,31,33). The van der Waals surface area contributed by atoms with Crippen molar-refractivity contribution in [2.24, 2.45) is 0 Å². The van der Waals surface area contributed by atoms with Gasteiger partial charge in [0.2, 0.25) is 0 Å². The predicted molar refractivity (Wildman–Crippen MR) is 146 cm³/mol. The summed E-state index contributed by atoms with van der Waals surface area (Å²) >= 11 is 0. The average Bonchev–Trinajstić information content (AvgIpc) is 2.91. The quantitative estimate of drug-likeness (QED) is 0.283. The van der Waals surface area contributed by atoms with Crippen LogP contribution in [0.3, 0.4) is 0 Å². The molecule has 6 nitrogen and oxygen atoms in total. The van der Waals surface area contributed by atoms with Gasteiger partial charge in [0.1, 0.15) is 12.4 Å². The first-order chi connectivity index (χ1) is 17.9. The van der Waals surface area contributed by atoms with Crippen LogP contribution >= 0.6 is 0 Å². The molecule has 0 radical (unpaired) electrons. The molecule has 0 aliphatic heterocycles. The Labute approximate surface area is 218 Å². The van der Waals surface area contributed by atoms with E-state index in [0.29, 0.717) is 5.69 Å². The maximum atomic E-state index is 13.8. The van der Waals surface area contributed by atoms with Crippen LogP contribution in [0.2, 0.25) is 0 Å². The van der Waals surface area contributed by atoms with Crippen LogP contribution in [0.15, 0.2) is 108 Å². The first kappa shape index (κ1) is 26.0. The summed E-state index contributed by atoms with van der Waals surface area (Å²) in [7, 11) is -3.96. The molecule has 1 amide bonds. The van der Waals surface area contributed by atoms with Crippen LogP contribution in [0.4, 0.5) is 5.69 Å². The van der Waals surface area contributed by atoms with Crippen molar-refractivity contribution in [2.75, 3.05) is 17.5 Å². The number of hydrogen-bond donors (Lipinski definition) is 1. The number of para-hydroxylation sites is 2. The minimum atomic E-state index is -3.96. The third-order valence-electron chi connectivity index (χ3n) is 5.93. The van der Waals surface area contributed by atoms with Crippen molar-refractivity contribution in [3.8, 4) is 5.75 Å². The molecule has 0 aliphatic carbocycles. The van der Waals surface area contributed by atoms with Crippen LogP contribution < -0.4 is 14.4 Å². The van der Waals surface area contributed by atoms with Gasteiger partial charge in [0.15, 0.2) is 0 Å². The fraction of sp³-hybridized carbons (Fsp3) is 0.167. The van der Waals surface area contributed by atoms with Gasteiger partial charge in [-0.25, -0.2) is 8.42 Å². The maximum absolute atomic E-state index is 13.8. The smallest absolute Gasteiger partial charge is 0.264 e. The summed E-state index contributed by atoms with van der Waals surface area (Å²) < 4.78 is 34.8. The van der Waals surface area contributed by atoms with Gasteiger partial charge >= 0.3 is 0 Å². The average molecular weight is 515 g/mol. The molecule has 0 aliphatic rings. The first-order valence-corrected chi connectivity index (χ1v) is 13.5. The van der Waals surface area contributed by atoms with Crippen molar-refractivity contribution < 1.29 is 17.9 Å². The molecule has 4 aromatic carbocycles. The number of hydrogen-bond acceptors (Lipinski definition) is 4. The summed E-state index contributed by atoms with van der Waals surface area (Å²) in [5.74, 6) is 0.386. The lowest BCUT2D eigenvalue weighted by molar-refractivity contribution is 0.0947. The Morgan fingerprint density at radius 2 is 1.46 bits per heavy atom. The largest absolute Gasteiger partial charge is 0.491 e. The van der Waals surface area contributed by atoms with Gasteiger partial charge in [0, 0.05) is 0 Å². The van der Waals surface area contributed by atoms with E-state index in [1.165, 1.54) is 4.31 Å². The first-order valence-electron chi connectivity index (χ1n) is 12.1. The summed E-state index contributed by atoms with van der Waals surface area (Å²) in [5.41, 5.74) is 3.35. The highest BCUT2D eigenvalue weighted by Crippen LogP contribution is 2.29. The van der Waals surface area contributed by atoms with Crippen molar-refractivity contribution in [1.82, 2.24) is 5.32 Å². The van der Waals surface area contributed by atoms with E-state index < -0.39 is 10.0 Å². The summed E-state index contributed by atoms with van der Waals surface area (Å²) in [4.78, 5) is 13.4. The second kappa shape index (κ2) is 11.8. The molecule has 4 aromatic rings. The summed E-state index contributed by atoms with van der Waals surface area (Å²) in [5, 5.41) is 2.86. The maximum Gasteiger partial charge on any atom is 0.264 e. The Morgan fingerprint density at radius 3 is 2.19 bits per heavy atom. The van der Waals surface area contributed by atoms with Crippen molar-refractivity contribution in [2.45, 2.75) is 25.3 Å². The molecule has 190 valence electrons. The van der Waals surface area contributed by atoms with Gasteiger partial charge in [-0.2, -0.15) is 0 Å². The second-order valence-corrected chi connectivity index (χ2v) is 10.6. The number of nitrogens with one attached hydrogen (secondary N) is 1. The highest BCUT2D eigenvalue weighted by molar-refractivity contribution is 7.92. The molecule has 0 unspecified atom stereocenters. The van der Waals surface area contributed by atoms with Gasteiger partial charge in [-0.15, -0.1) is 0 Å². The number of nitrogens with zero attached hydrogens (tertiary/aromatic N) is 1. The van der Waals surface area contributed by atoms with Crippen LogP contribution in [-0.4, -0.2) is 27.5 Å². The van der Waals surface area contributed by atoms with Crippen molar-refractivity contribution in [3.05, 3.63) is 125 Å². The molecular weight excluding hydrogens is 484 g/mol. The van der Waals surface area contributed by atoms with E-state index in [1.807, 2.05) is 68.4 Å². The number of carbonyl (C=O) groups excluding carboxylic acids is 1. The summed E-state index contributed by atoms with van der Waals surface area (Å²) in [6, 6.07) is 30.5. The van der Waals surface area contributed by atoms with E-state index in [4.69, 9.17) is 4.74 Å². The van der Waals surface area contributed by atoms with E-state index in [-0.39, 0.29) is 36.1 Å². The monoisotopic (exact) mass is 514 g/mol. The predicted octanol–water partition coefficient (Wildman–Crippen LogP) is 5.51. The molecule has 0 aromatic heterocycles. The minimum Gasteiger partial charge on any atom is -0.491 e. The number of ether oxygens (including phenoxy) is 1. The van der Waals surface area contributed by atoms with Gasteiger partial charge in [-0.05, 0) is 55.3 Å². The lowest BCUT2D eigenvalue weighted by Gasteiger charge is -2.26. The van der Waals surface area contributed by atoms with E-state index in [0.717, 1.165) is 22.4 Å². The lowest BCUT2D eigenvalue weighted by Crippen LogP contribution is -2.34. The molecule has 0 spiro atoms. The normalized spacial score (nSPS) is 11.1. The third-order valence-corrected chi connectivity index (χ3v) is 7.71. The third kappa shape index (κ3) is 6.37. The van der Waals surface area contributed by atoms with Gasteiger partial charge in [0.05, 0.1) is 29.2 Å². The number of sulfonamides is 1. The van der Waals surface area contributed by atoms with Gasteiger partial charge < -0.3 is 10.1 Å². The molecule has 0 heterocycles. The number of aryl methyl sites for hydroxylation is 2. The molecule has 7 heteroatoms. The van der Waals surface area contributed by atoms with Crippen molar-refractivity contribution in [1.29, 1.82) is 0 Å². The number of anilines is 1. The molecule has 0 bridgehead atoms. The van der Waals surface area contributed by atoms with E-state index in [1.54, 1.807) is 48.5 Å². The molecule has 4 rings (SSSR count). The fourth-order valence-electron chi connectivity index (χ4n) is 3.91. The molecule has 0 atom stereocenters. The number of benzene rings is 4. The number of carbonyl (C=O) groups is 1. The highest BCUT2D eigenvalue weighted by Gasteiger charge is 2.28. The lowest BCUT2D eigenvalue weighted by atomic mass is 10.1. The molecular formula is C30H30N2O4S. The van der Waals surface area contributed by atoms with Crippen LogP contribution in [-0.2, 0) is 16.6 Å². The Balaban J connectivity index is 1.60. The fourth-order valence-corrected chi connectivity index (χ4v) is 5.38. The zero-order valence-corrected chi connectivity index (χ0v) is 21.7. The molecule has 0 saturated carbocycles. The van der Waals surface area contributed by atoms with Crippen molar-refractivity contribution in [3.63, 3.8) is 0 Å². The zero-order valence-electron chi connectivity index (χ0n) is 20.9.